The molecule has 2 N–H and O–H groups in total. The van der Waals surface area contributed by atoms with Crippen molar-refractivity contribution < 1.29 is 19.1 Å². The predicted octanol–water partition coefficient (Wildman–Crippen LogP) is 3.64. The maximum atomic E-state index is 12.1. The van der Waals surface area contributed by atoms with Gasteiger partial charge in [0.05, 0.1) is 5.30 Å². The van der Waals surface area contributed by atoms with Crippen LogP contribution < -0.4 is 5.30 Å². The van der Waals surface area contributed by atoms with Gasteiger partial charge in [-0.05, 0) is 16.7 Å². The van der Waals surface area contributed by atoms with Crippen LogP contribution in [0.5, 0.6) is 0 Å². The van der Waals surface area contributed by atoms with Gasteiger partial charge in [0.15, 0.2) is 6.29 Å². The summed E-state index contributed by atoms with van der Waals surface area (Å²) in [6.07, 6.45) is 0.482. The molecule has 0 aliphatic carbocycles. The highest BCUT2D eigenvalue weighted by Crippen LogP contribution is 2.43. The van der Waals surface area contributed by atoms with E-state index in [4.69, 9.17) is 0 Å². The number of aldehydes is 1. The summed E-state index contributed by atoms with van der Waals surface area (Å²) in [5.41, 5.74) is 2.54. The molecule has 0 aliphatic heterocycles. The van der Waals surface area contributed by atoms with Crippen LogP contribution >= 0.6 is 7.60 Å². The molecule has 3 aromatic rings. The first kappa shape index (κ1) is 16.3. The molecule has 0 saturated carbocycles. The van der Waals surface area contributed by atoms with Gasteiger partial charge in [-0.25, -0.2) is 0 Å². The summed E-state index contributed by atoms with van der Waals surface area (Å²) in [6.45, 7) is 0. The standard InChI is InChI=1S/C19H15O4P/c20-13-16-11-12-17(14-7-3-1-4-8-14)18(19(16)24(21,22)23)15-9-5-2-6-10-15/h1-13H,(H2,21,22,23). The van der Waals surface area contributed by atoms with Crippen LogP contribution in [0.15, 0.2) is 72.8 Å². The Labute approximate surface area is 139 Å². The van der Waals surface area contributed by atoms with Crippen molar-refractivity contribution in [3.8, 4) is 22.3 Å². The van der Waals surface area contributed by atoms with Gasteiger partial charge in [-0.3, -0.25) is 9.36 Å². The fraction of sp³-hybridized carbons (Fsp3) is 0. The van der Waals surface area contributed by atoms with E-state index in [1.54, 1.807) is 30.3 Å². The van der Waals surface area contributed by atoms with E-state index in [-0.39, 0.29) is 10.9 Å². The smallest absolute Gasteiger partial charge is 0.321 e. The van der Waals surface area contributed by atoms with Gasteiger partial charge in [-0.1, -0.05) is 72.8 Å². The topological polar surface area (TPSA) is 74.6 Å². The Bertz CT molecular complexity index is 915. The largest absolute Gasteiger partial charge is 0.357 e. The molecule has 0 unspecified atom stereocenters. The molecule has 0 bridgehead atoms. The minimum absolute atomic E-state index is 0.00173. The van der Waals surface area contributed by atoms with Crippen molar-refractivity contribution in [3.05, 3.63) is 78.4 Å². The fourth-order valence-corrected chi connectivity index (χ4v) is 3.78. The fourth-order valence-electron chi connectivity index (χ4n) is 2.77. The quantitative estimate of drug-likeness (QED) is 0.563. The van der Waals surface area contributed by atoms with Crippen molar-refractivity contribution in [3.63, 3.8) is 0 Å². The maximum Gasteiger partial charge on any atom is 0.357 e. The van der Waals surface area contributed by atoms with E-state index >= 15 is 0 Å². The number of rotatable bonds is 4. The third-order valence-corrected chi connectivity index (χ3v) is 4.84. The Kier molecular flexibility index (Phi) is 4.45. The van der Waals surface area contributed by atoms with E-state index in [1.165, 1.54) is 6.07 Å². The summed E-state index contributed by atoms with van der Waals surface area (Å²) in [6, 6.07) is 21.5. The lowest BCUT2D eigenvalue weighted by Gasteiger charge is -2.18. The average molecular weight is 338 g/mol. The van der Waals surface area contributed by atoms with Crippen LogP contribution in [0.1, 0.15) is 10.4 Å². The third kappa shape index (κ3) is 3.08. The van der Waals surface area contributed by atoms with Crippen LogP contribution in [-0.2, 0) is 4.57 Å². The van der Waals surface area contributed by atoms with Gasteiger partial charge in [0, 0.05) is 11.1 Å². The third-order valence-electron chi connectivity index (χ3n) is 3.77. The highest BCUT2D eigenvalue weighted by atomic mass is 31.2. The lowest BCUT2D eigenvalue weighted by atomic mass is 9.93. The first-order valence-electron chi connectivity index (χ1n) is 7.31. The zero-order valence-corrected chi connectivity index (χ0v) is 13.6. The SMILES string of the molecule is O=Cc1ccc(-c2ccccc2)c(-c2ccccc2)c1P(=O)(O)O. The van der Waals surface area contributed by atoms with Gasteiger partial charge in [0.1, 0.15) is 0 Å². The Morgan fingerprint density at radius 1 is 0.750 bits per heavy atom. The van der Waals surface area contributed by atoms with Crippen molar-refractivity contribution >= 4 is 19.2 Å². The summed E-state index contributed by atoms with van der Waals surface area (Å²) in [4.78, 5) is 31.1. The number of hydrogen-bond acceptors (Lipinski definition) is 2. The number of benzene rings is 3. The molecule has 4 nitrogen and oxygen atoms in total. The monoisotopic (exact) mass is 338 g/mol. The molecule has 0 radical (unpaired) electrons. The highest BCUT2D eigenvalue weighted by molar-refractivity contribution is 7.60. The van der Waals surface area contributed by atoms with Crippen molar-refractivity contribution in [2.75, 3.05) is 0 Å². The Hall–Kier alpha value is -2.52. The summed E-state index contributed by atoms with van der Waals surface area (Å²) in [7, 11) is -4.65. The molecule has 24 heavy (non-hydrogen) atoms. The van der Waals surface area contributed by atoms with Gasteiger partial charge < -0.3 is 9.79 Å². The highest BCUT2D eigenvalue weighted by Gasteiger charge is 2.28. The molecule has 0 aliphatic rings. The molecule has 0 atom stereocenters. The summed E-state index contributed by atoms with van der Waals surface area (Å²) in [5.74, 6) is 0. The van der Waals surface area contributed by atoms with Crippen LogP contribution in [0.3, 0.4) is 0 Å². The summed E-state index contributed by atoms with van der Waals surface area (Å²) >= 11 is 0. The minimum atomic E-state index is -4.65. The Balaban J connectivity index is 2.44. The minimum Gasteiger partial charge on any atom is -0.321 e. The van der Waals surface area contributed by atoms with Gasteiger partial charge in [-0.15, -0.1) is 0 Å². The van der Waals surface area contributed by atoms with Crippen molar-refractivity contribution in [2.24, 2.45) is 0 Å². The zero-order chi connectivity index (χ0) is 17.2. The van der Waals surface area contributed by atoms with E-state index in [9.17, 15) is 19.1 Å². The van der Waals surface area contributed by atoms with Crippen LogP contribution in [-0.4, -0.2) is 16.1 Å². The van der Waals surface area contributed by atoms with E-state index in [1.807, 2.05) is 36.4 Å². The number of carbonyl (C=O) groups excluding carboxylic acids is 1. The second kappa shape index (κ2) is 6.54. The lowest BCUT2D eigenvalue weighted by molar-refractivity contribution is 0.112. The van der Waals surface area contributed by atoms with Gasteiger partial charge in [-0.2, -0.15) is 0 Å². The van der Waals surface area contributed by atoms with E-state index in [0.717, 1.165) is 5.56 Å². The predicted molar refractivity (Wildman–Crippen MR) is 94.4 cm³/mol. The van der Waals surface area contributed by atoms with Crippen molar-refractivity contribution in [2.45, 2.75) is 0 Å². The van der Waals surface area contributed by atoms with Crippen LogP contribution in [0.25, 0.3) is 22.3 Å². The molecule has 0 heterocycles. The maximum absolute atomic E-state index is 12.1. The van der Waals surface area contributed by atoms with E-state index in [2.05, 4.69) is 0 Å². The molecule has 0 spiro atoms. The Morgan fingerprint density at radius 2 is 1.29 bits per heavy atom. The van der Waals surface area contributed by atoms with Gasteiger partial charge >= 0.3 is 7.60 Å². The molecule has 3 aromatic carbocycles. The van der Waals surface area contributed by atoms with Crippen LogP contribution in [0.4, 0.5) is 0 Å². The molecule has 5 heteroatoms. The van der Waals surface area contributed by atoms with Crippen LogP contribution in [0.2, 0.25) is 0 Å². The molecule has 0 fully saturated rings. The molecule has 0 amide bonds. The van der Waals surface area contributed by atoms with Crippen molar-refractivity contribution in [1.82, 2.24) is 0 Å². The Morgan fingerprint density at radius 3 is 1.79 bits per heavy atom. The first-order chi connectivity index (χ1) is 11.5. The molecule has 120 valence electrons. The van der Waals surface area contributed by atoms with Gasteiger partial charge in [0.25, 0.3) is 0 Å². The number of carbonyl (C=O) groups is 1. The van der Waals surface area contributed by atoms with E-state index in [0.29, 0.717) is 23.0 Å². The molecule has 0 saturated heterocycles. The van der Waals surface area contributed by atoms with Gasteiger partial charge in [0.2, 0.25) is 0 Å². The zero-order valence-electron chi connectivity index (χ0n) is 12.7. The second-order valence-electron chi connectivity index (χ2n) is 5.32. The molecule has 0 aromatic heterocycles. The first-order valence-corrected chi connectivity index (χ1v) is 8.92. The number of hydrogen-bond donors (Lipinski definition) is 2. The van der Waals surface area contributed by atoms with E-state index < -0.39 is 7.60 Å². The molecular weight excluding hydrogens is 323 g/mol. The lowest BCUT2D eigenvalue weighted by Crippen LogP contribution is -2.15. The van der Waals surface area contributed by atoms with Crippen molar-refractivity contribution in [1.29, 1.82) is 0 Å². The summed E-state index contributed by atoms with van der Waals surface area (Å²) < 4.78 is 12.1. The van der Waals surface area contributed by atoms with Crippen LogP contribution in [0, 0.1) is 0 Å². The normalized spacial score (nSPS) is 11.2. The summed E-state index contributed by atoms with van der Waals surface area (Å²) in [5, 5.41) is -0.231. The molecule has 3 rings (SSSR count). The second-order valence-corrected chi connectivity index (χ2v) is 6.86. The molecular formula is C19H15O4P. The average Bonchev–Trinajstić information content (AvgIpc) is 2.61.